The molecule has 0 spiro atoms. The molecule has 4 rings (SSSR count). The molecule has 0 unspecified atom stereocenters. The minimum absolute atomic E-state index is 0.0298. The van der Waals surface area contributed by atoms with Crippen LogP contribution in [-0.4, -0.2) is 62.8 Å². The fourth-order valence-electron chi connectivity index (χ4n) is 4.49. The van der Waals surface area contributed by atoms with Gasteiger partial charge in [0, 0.05) is 39.2 Å². The summed E-state index contributed by atoms with van der Waals surface area (Å²) in [5.74, 6) is -0.578. The maximum atomic E-state index is 13.5. The molecule has 3 aromatic rings. The van der Waals surface area contributed by atoms with Gasteiger partial charge < -0.3 is 15.5 Å². The van der Waals surface area contributed by atoms with Crippen molar-refractivity contribution < 1.29 is 18.8 Å². The SMILES string of the molecule is Cc1cc(CNC(=O)c2cc(C(=O)NC[C@H]3CC[C@H](C(=O)N(C)C)CC3)n3ncnc3n2)ccc1F. The number of hydrogen-bond donors (Lipinski definition) is 2. The first-order chi connectivity index (χ1) is 17.2. The molecule has 2 heterocycles. The van der Waals surface area contributed by atoms with Crippen LogP contribution in [0.15, 0.2) is 30.6 Å². The Morgan fingerprint density at radius 2 is 1.83 bits per heavy atom. The van der Waals surface area contributed by atoms with E-state index in [-0.39, 0.29) is 53.2 Å². The van der Waals surface area contributed by atoms with Crippen LogP contribution in [0.5, 0.6) is 0 Å². The number of aryl methyl sites for hydroxylation is 1. The van der Waals surface area contributed by atoms with Gasteiger partial charge in [0.1, 0.15) is 23.5 Å². The van der Waals surface area contributed by atoms with Crippen molar-refractivity contribution in [3.05, 3.63) is 58.9 Å². The van der Waals surface area contributed by atoms with Gasteiger partial charge in [-0.15, -0.1) is 0 Å². The molecule has 1 aromatic carbocycles. The molecule has 1 aliphatic carbocycles. The molecule has 36 heavy (non-hydrogen) atoms. The second-order valence-electron chi connectivity index (χ2n) is 9.43. The Bertz CT molecular complexity index is 1280. The van der Waals surface area contributed by atoms with E-state index in [1.807, 2.05) is 0 Å². The maximum absolute atomic E-state index is 13.5. The topological polar surface area (TPSA) is 122 Å². The van der Waals surface area contributed by atoms with Crippen LogP contribution in [0.4, 0.5) is 4.39 Å². The van der Waals surface area contributed by atoms with Crippen LogP contribution >= 0.6 is 0 Å². The predicted molar refractivity (Wildman–Crippen MR) is 130 cm³/mol. The molecule has 190 valence electrons. The first-order valence-corrected chi connectivity index (χ1v) is 12.0. The van der Waals surface area contributed by atoms with E-state index in [4.69, 9.17) is 0 Å². The largest absolute Gasteiger partial charge is 0.350 e. The quantitative estimate of drug-likeness (QED) is 0.518. The molecular formula is C25H30FN7O3. The lowest BCUT2D eigenvalue weighted by atomic mass is 9.81. The number of nitrogens with zero attached hydrogens (tertiary/aromatic N) is 5. The highest BCUT2D eigenvalue weighted by atomic mass is 19.1. The highest BCUT2D eigenvalue weighted by Gasteiger charge is 2.28. The van der Waals surface area contributed by atoms with Crippen LogP contribution in [0, 0.1) is 24.6 Å². The molecular weight excluding hydrogens is 465 g/mol. The molecule has 0 aliphatic heterocycles. The lowest BCUT2D eigenvalue weighted by Crippen LogP contribution is -2.36. The first-order valence-electron chi connectivity index (χ1n) is 12.0. The minimum Gasteiger partial charge on any atom is -0.350 e. The van der Waals surface area contributed by atoms with Gasteiger partial charge in [-0.05, 0) is 55.7 Å². The van der Waals surface area contributed by atoms with Crippen molar-refractivity contribution in [2.45, 2.75) is 39.2 Å². The van der Waals surface area contributed by atoms with Gasteiger partial charge in [-0.3, -0.25) is 14.4 Å². The Kier molecular flexibility index (Phi) is 7.56. The summed E-state index contributed by atoms with van der Waals surface area (Å²) in [7, 11) is 3.54. The minimum atomic E-state index is -0.486. The van der Waals surface area contributed by atoms with Gasteiger partial charge in [0.15, 0.2) is 0 Å². The van der Waals surface area contributed by atoms with Crippen molar-refractivity contribution in [2.24, 2.45) is 11.8 Å². The number of amides is 3. The summed E-state index contributed by atoms with van der Waals surface area (Å²) >= 11 is 0. The summed E-state index contributed by atoms with van der Waals surface area (Å²) in [6, 6.07) is 6.00. The van der Waals surface area contributed by atoms with Crippen molar-refractivity contribution >= 4 is 23.5 Å². The monoisotopic (exact) mass is 495 g/mol. The van der Waals surface area contributed by atoms with Gasteiger partial charge in [-0.25, -0.2) is 9.37 Å². The Morgan fingerprint density at radius 3 is 2.53 bits per heavy atom. The lowest BCUT2D eigenvalue weighted by molar-refractivity contribution is -0.134. The predicted octanol–water partition coefficient (Wildman–Crippen LogP) is 2.13. The van der Waals surface area contributed by atoms with E-state index in [2.05, 4.69) is 25.7 Å². The third-order valence-electron chi connectivity index (χ3n) is 6.58. The number of hydrogen-bond acceptors (Lipinski definition) is 6. The molecule has 10 nitrogen and oxygen atoms in total. The molecule has 3 amide bonds. The zero-order chi connectivity index (χ0) is 25.8. The van der Waals surface area contributed by atoms with Crippen molar-refractivity contribution in [1.29, 1.82) is 0 Å². The van der Waals surface area contributed by atoms with Crippen LogP contribution < -0.4 is 10.6 Å². The van der Waals surface area contributed by atoms with Gasteiger partial charge >= 0.3 is 0 Å². The second kappa shape index (κ2) is 10.8. The van der Waals surface area contributed by atoms with Crippen LogP contribution in [0.25, 0.3) is 5.78 Å². The number of carbonyl (C=O) groups excluding carboxylic acids is 3. The van der Waals surface area contributed by atoms with Gasteiger partial charge in [-0.1, -0.05) is 12.1 Å². The third-order valence-corrected chi connectivity index (χ3v) is 6.58. The zero-order valence-electron chi connectivity index (χ0n) is 20.6. The average molecular weight is 496 g/mol. The Balaban J connectivity index is 1.40. The van der Waals surface area contributed by atoms with E-state index in [0.717, 1.165) is 31.2 Å². The van der Waals surface area contributed by atoms with Crippen molar-refractivity contribution in [3.63, 3.8) is 0 Å². The number of rotatable bonds is 7. The van der Waals surface area contributed by atoms with Crippen LogP contribution in [0.3, 0.4) is 0 Å². The molecule has 1 saturated carbocycles. The number of aromatic nitrogens is 4. The molecule has 2 N–H and O–H groups in total. The smallest absolute Gasteiger partial charge is 0.270 e. The number of carbonyl (C=O) groups is 3. The van der Waals surface area contributed by atoms with Crippen molar-refractivity contribution in [2.75, 3.05) is 20.6 Å². The maximum Gasteiger partial charge on any atom is 0.270 e. The summed E-state index contributed by atoms with van der Waals surface area (Å²) < 4.78 is 14.8. The summed E-state index contributed by atoms with van der Waals surface area (Å²) in [6.07, 6.45) is 4.59. The van der Waals surface area contributed by atoms with Crippen molar-refractivity contribution in [3.8, 4) is 0 Å². The van der Waals surface area contributed by atoms with Gasteiger partial charge in [0.25, 0.3) is 17.6 Å². The van der Waals surface area contributed by atoms with Gasteiger partial charge in [0.05, 0.1) is 0 Å². The standard InChI is InChI=1S/C25H30FN7O3/c1-15-10-17(6-9-19(15)26)13-27-22(34)20-11-21(33-25(31-20)29-14-30-33)23(35)28-12-16-4-7-18(8-5-16)24(36)32(2)3/h6,9-11,14,16,18H,4-5,7-8,12-13H2,1-3H3,(H,27,34)(H,28,35)/t16-,18-. The Labute approximate surface area is 208 Å². The van der Waals surface area contributed by atoms with Gasteiger partial charge in [-0.2, -0.15) is 14.6 Å². The fourth-order valence-corrected chi connectivity index (χ4v) is 4.49. The Morgan fingerprint density at radius 1 is 1.08 bits per heavy atom. The van der Waals surface area contributed by atoms with Gasteiger partial charge in [0.2, 0.25) is 5.91 Å². The first kappa shape index (κ1) is 25.2. The molecule has 1 fully saturated rings. The highest BCUT2D eigenvalue weighted by Crippen LogP contribution is 2.29. The van der Waals surface area contributed by atoms with E-state index in [0.29, 0.717) is 12.1 Å². The summed E-state index contributed by atoms with van der Waals surface area (Å²) in [5, 5.41) is 9.75. The van der Waals surface area contributed by atoms with E-state index >= 15 is 0 Å². The van der Waals surface area contributed by atoms with Crippen LogP contribution in [0.2, 0.25) is 0 Å². The summed E-state index contributed by atoms with van der Waals surface area (Å²) in [6.45, 7) is 2.30. The zero-order valence-corrected chi connectivity index (χ0v) is 20.6. The number of benzene rings is 1. The highest BCUT2D eigenvalue weighted by molar-refractivity contribution is 5.98. The van der Waals surface area contributed by atoms with E-state index in [1.165, 1.54) is 23.0 Å². The van der Waals surface area contributed by atoms with Crippen LogP contribution in [-0.2, 0) is 11.3 Å². The number of nitrogens with one attached hydrogen (secondary N) is 2. The van der Waals surface area contributed by atoms with E-state index in [1.54, 1.807) is 38.1 Å². The Hall–Kier alpha value is -3.89. The molecule has 0 bridgehead atoms. The summed E-state index contributed by atoms with van der Waals surface area (Å²) in [4.78, 5) is 47.9. The average Bonchev–Trinajstić information content (AvgIpc) is 3.36. The molecule has 1 aliphatic rings. The molecule has 0 radical (unpaired) electrons. The van der Waals surface area contributed by atoms with Crippen LogP contribution in [0.1, 0.15) is 57.8 Å². The second-order valence-corrected chi connectivity index (χ2v) is 9.43. The molecule has 2 aromatic heterocycles. The normalized spacial score (nSPS) is 17.6. The number of fused-ring (bicyclic) bond motifs is 1. The lowest BCUT2D eigenvalue weighted by Gasteiger charge is -2.29. The van der Waals surface area contributed by atoms with Crippen molar-refractivity contribution in [1.82, 2.24) is 35.1 Å². The molecule has 11 heteroatoms. The molecule has 0 atom stereocenters. The molecule has 0 saturated heterocycles. The van der Waals surface area contributed by atoms with E-state index < -0.39 is 5.91 Å². The fraction of sp³-hybridized carbons (Fsp3) is 0.440. The number of halogens is 1. The summed E-state index contributed by atoms with van der Waals surface area (Å²) in [5.41, 5.74) is 1.41. The third kappa shape index (κ3) is 5.67. The van der Waals surface area contributed by atoms with E-state index in [9.17, 15) is 18.8 Å².